The fourth-order valence-corrected chi connectivity index (χ4v) is 0. The van der Waals surface area contributed by atoms with Crippen molar-refractivity contribution in [1.82, 2.24) is 0 Å². The van der Waals surface area contributed by atoms with E-state index in [-0.39, 0.29) is 17.1 Å². The van der Waals surface area contributed by atoms with Gasteiger partial charge in [0.1, 0.15) is 0 Å². The van der Waals surface area contributed by atoms with Gasteiger partial charge in [-0.2, -0.15) is 0 Å². The third kappa shape index (κ3) is 10.8. The molecule has 0 atom stereocenters. The maximum absolute atomic E-state index is 9.35. The molecule has 4 nitrogen and oxygen atoms in total. The Balaban J connectivity index is 0. The van der Waals surface area contributed by atoms with Crippen LogP contribution in [0, 0.1) is 0 Å². The molecular formula is H2BCuO4P. The largest absolute Gasteiger partial charge is 0.454 e. The molecule has 7 heavy (non-hydrogen) atoms. The van der Waals surface area contributed by atoms with Crippen LogP contribution in [0.15, 0.2) is 0 Å². The van der Waals surface area contributed by atoms with Crippen molar-refractivity contribution in [1.29, 1.82) is 0 Å². The van der Waals surface area contributed by atoms with Gasteiger partial charge in [0.2, 0.25) is 0 Å². The van der Waals surface area contributed by atoms with Gasteiger partial charge in [-0.15, -0.1) is 0 Å². The molecule has 0 aliphatic rings. The van der Waals surface area contributed by atoms with E-state index in [1.54, 1.807) is 0 Å². The number of hydrogen-bond acceptors (Lipinski definition) is 2. The molecule has 0 heterocycles. The summed E-state index contributed by atoms with van der Waals surface area (Å²) in [6.45, 7) is 0. The second kappa shape index (κ2) is 3.67. The average Bonchev–Trinajstić information content (AvgIpc) is 1.35. The summed E-state index contributed by atoms with van der Waals surface area (Å²) in [5.74, 6) is 0. The Hall–Kier alpha value is 0.694. The van der Waals surface area contributed by atoms with Gasteiger partial charge in [0.05, 0.1) is 0 Å². The summed E-state index contributed by atoms with van der Waals surface area (Å²) in [5, 5.41) is 0. The zero-order valence-corrected chi connectivity index (χ0v) is 4.87. The Kier molecular flexibility index (Phi) is 5.57. The Bertz CT molecular complexity index is 75.8. The van der Waals surface area contributed by atoms with E-state index < -0.39 is 7.82 Å². The van der Waals surface area contributed by atoms with Crippen LogP contribution in [-0.4, -0.2) is 17.8 Å². The quantitative estimate of drug-likeness (QED) is 0.399. The molecule has 0 aliphatic heterocycles. The van der Waals surface area contributed by atoms with Crippen LogP contribution in [-0.2, 0) is 26.1 Å². The van der Waals surface area contributed by atoms with Gasteiger partial charge in [-0.25, -0.2) is 4.57 Å². The van der Waals surface area contributed by atoms with Crippen LogP contribution in [0.2, 0.25) is 0 Å². The van der Waals surface area contributed by atoms with Gasteiger partial charge in [0.25, 0.3) is 8.05 Å². The van der Waals surface area contributed by atoms with Gasteiger partial charge in [-0.05, 0) is 0 Å². The SMILES string of the molecule is [B]OP(=O)(O)O.[Cu]. The van der Waals surface area contributed by atoms with Gasteiger partial charge < -0.3 is 14.2 Å². The summed E-state index contributed by atoms with van der Waals surface area (Å²) < 4.78 is 12.5. The number of rotatable bonds is 1. The summed E-state index contributed by atoms with van der Waals surface area (Å²) in [7, 11) is -0.326. The van der Waals surface area contributed by atoms with E-state index in [1.165, 1.54) is 0 Å². The molecule has 0 spiro atoms. The predicted octanol–water partition coefficient (Wildman–Crippen LogP) is -0.823. The molecule has 0 aromatic heterocycles. The molecule has 0 fully saturated rings. The van der Waals surface area contributed by atoms with E-state index in [0.29, 0.717) is 0 Å². The second-order valence-corrected chi connectivity index (χ2v) is 1.79. The first-order chi connectivity index (χ1) is 2.56. The smallest absolute Gasteiger partial charge is 0.362 e. The molecule has 0 saturated carbocycles. The van der Waals surface area contributed by atoms with Gasteiger partial charge >= 0.3 is 7.82 Å². The third-order valence-electron chi connectivity index (χ3n) is 0.137. The van der Waals surface area contributed by atoms with Crippen LogP contribution >= 0.6 is 7.82 Å². The molecule has 0 unspecified atom stereocenters. The minimum absolute atomic E-state index is 0. The van der Waals surface area contributed by atoms with Crippen molar-refractivity contribution in [3.05, 3.63) is 0 Å². The van der Waals surface area contributed by atoms with Crippen LogP contribution in [0.3, 0.4) is 0 Å². The zero-order valence-electron chi connectivity index (χ0n) is 3.04. The molecule has 45 valence electrons. The molecule has 0 aromatic carbocycles. The molecule has 0 bridgehead atoms. The van der Waals surface area contributed by atoms with Crippen molar-refractivity contribution in [3.8, 4) is 0 Å². The second-order valence-electron chi connectivity index (χ2n) is 0.596. The van der Waals surface area contributed by atoms with E-state index in [2.05, 4.69) is 12.5 Å². The molecule has 0 aliphatic carbocycles. The first kappa shape index (κ1) is 10.6. The van der Waals surface area contributed by atoms with Crippen LogP contribution in [0.25, 0.3) is 0 Å². The molecule has 0 rings (SSSR count). The van der Waals surface area contributed by atoms with Crippen molar-refractivity contribution in [2.24, 2.45) is 0 Å². The van der Waals surface area contributed by atoms with Gasteiger partial charge in [-0.1, -0.05) is 0 Å². The van der Waals surface area contributed by atoms with E-state index in [1.807, 2.05) is 0 Å². The first-order valence-corrected chi connectivity index (χ1v) is 2.53. The van der Waals surface area contributed by atoms with Crippen LogP contribution in [0.4, 0.5) is 0 Å². The van der Waals surface area contributed by atoms with Crippen LogP contribution < -0.4 is 0 Å². The Morgan fingerprint density at radius 3 is 1.71 bits per heavy atom. The summed E-state index contributed by atoms with van der Waals surface area (Å²) in [5.41, 5.74) is 0. The summed E-state index contributed by atoms with van der Waals surface area (Å²) >= 11 is 0. The van der Waals surface area contributed by atoms with Crippen LogP contribution in [0.5, 0.6) is 0 Å². The van der Waals surface area contributed by atoms with Crippen molar-refractivity contribution in [3.63, 3.8) is 0 Å². The summed E-state index contributed by atoms with van der Waals surface area (Å²) in [6, 6.07) is 0. The molecule has 0 aromatic rings. The molecule has 3 radical (unpaired) electrons. The maximum Gasteiger partial charge on any atom is 0.454 e. The zero-order chi connectivity index (χ0) is 5.21. The minimum atomic E-state index is -4.37. The van der Waals surface area contributed by atoms with Crippen molar-refractivity contribution in [2.45, 2.75) is 0 Å². The Labute approximate surface area is 52.4 Å². The third-order valence-corrected chi connectivity index (χ3v) is 0.412. The van der Waals surface area contributed by atoms with E-state index in [0.717, 1.165) is 0 Å². The summed E-state index contributed by atoms with van der Waals surface area (Å²) in [6.07, 6.45) is 0. The van der Waals surface area contributed by atoms with Gasteiger partial charge in [-0.3, -0.25) is 0 Å². The monoisotopic (exact) mass is 171 g/mol. The predicted molar refractivity (Wildman–Crippen MR) is 18.9 cm³/mol. The van der Waals surface area contributed by atoms with Crippen molar-refractivity contribution >= 4 is 15.9 Å². The standard InChI is InChI=1S/BH2O4P.Cu/c1-5-6(2,3)4;/h(H2,2,3,4);. The topological polar surface area (TPSA) is 66.8 Å². The Morgan fingerprint density at radius 1 is 1.57 bits per heavy atom. The fourth-order valence-electron chi connectivity index (χ4n) is 0. The summed E-state index contributed by atoms with van der Waals surface area (Å²) in [4.78, 5) is 15.2. The van der Waals surface area contributed by atoms with Crippen LogP contribution in [0.1, 0.15) is 0 Å². The number of hydrogen-bond donors (Lipinski definition) is 2. The molecular weight excluding hydrogens is 169 g/mol. The maximum atomic E-state index is 9.35. The van der Waals surface area contributed by atoms with Crippen molar-refractivity contribution in [2.75, 3.05) is 0 Å². The van der Waals surface area contributed by atoms with Crippen molar-refractivity contribution < 1.29 is 35.9 Å². The van der Waals surface area contributed by atoms with E-state index in [9.17, 15) is 4.57 Å². The van der Waals surface area contributed by atoms with Gasteiger partial charge in [0.15, 0.2) is 0 Å². The molecule has 7 heteroatoms. The Morgan fingerprint density at radius 2 is 1.71 bits per heavy atom. The molecule has 0 saturated heterocycles. The average molecular weight is 171 g/mol. The van der Waals surface area contributed by atoms with E-state index in [4.69, 9.17) is 9.79 Å². The minimum Gasteiger partial charge on any atom is -0.362 e. The first-order valence-electron chi connectivity index (χ1n) is 1.00. The fraction of sp³-hybridized carbons (Fsp3) is 0. The molecule has 2 N–H and O–H groups in total. The molecule has 0 amide bonds. The van der Waals surface area contributed by atoms with E-state index >= 15 is 0 Å². The van der Waals surface area contributed by atoms with Gasteiger partial charge in [0, 0.05) is 17.1 Å². The normalized spacial score (nSPS) is 10.0. The number of phosphoric acid groups is 1.